The number of hydrogen-bond donors (Lipinski definition) is 2. The van der Waals surface area contributed by atoms with E-state index >= 15 is 0 Å². The lowest BCUT2D eigenvalue weighted by molar-refractivity contribution is 0.0938. The van der Waals surface area contributed by atoms with Crippen LogP contribution in [0.1, 0.15) is 43.5 Å². The van der Waals surface area contributed by atoms with Crippen LogP contribution in [0.3, 0.4) is 0 Å². The summed E-state index contributed by atoms with van der Waals surface area (Å²) in [6.07, 6.45) is 3.44. The van der Waals surface area contributed by atoms with E-state index in [1.165, 1.54) is 12.8 Å². The van der Waals surface area contributed by atoms with Crippen LogP contribution in [0.2, 0.25) is 0 Å². The van der Waals surface area contributed by atoms with E-state index in [4.69, 9.17) is 10.5 Å². The number of carbonyl (C=O) groups excluding carboxylic acids is 1. The number of ether oxygens (including phenoxy) is 1. The first-order valence-corrected chi connectivity index (χ1v) is 8.65. The summed E-state index contributed by atoms with van der Waals surface area (Å²) in [5.41, 5.74) is 7.03. The summed E-state index contributed by atoms with van der Waals surface area (Å²) in [5, 5.41) is 3.69. The predicted molar refractivity (Wildman–Crippen MR) is 89.0 cm³/mol. The number of anilines is 1. The number of nitrogens with two attached hydrogens (primary N) is 1. The molecule has 0 spiro atoms. The van der Waals surface area contributed by atoms with Gasteiger partial charge in [-0.05, 0) is 43.7 Å². The fourth-order valence-corrected chi connectivity index (χ4v) is 3.93. The highest BCUT2D eigenvalue weighted by Gasteiger charge is 2.28. The number of rotatable bonds is 6. The number of thioether (sulfide) groups is 1. The Labute approximate surface area is 130 Å². The van der Waals surface area contributed by atoms with Crippen molar-refractivity contribution in [1.29, 1.82) is 0 Å². The zero-order valence-electron chi connectivity index (χ0n) is 12.7. The van der Waals surface area contributed by atoms with E-state index in [0.29, 0.717) is 28.9 Å². The van der Waals surface area contributed by atoms with E-state index < -0.39 is 0 Å². The lowest BCUT2D eigenvalue weighted by Gasteiger charge is -2.20. The summed E-state index contributed by atoms with van der Waals surface area (Å²) < 4.78 is 5.39. The highest BCUT2D eigenvalue weighted by molar-refractivity contribution is 7.99. The number of carbonyl (C=O) groups is 1. The van der Waals surface area contributed by atoms with Gasteiger partial charge in [-0.1, -0.05) is 13.3 Å². The van der Waals surface area contributed by atoms with E-state index in [2.05, 4.69) is 12.2 Å². The van der Waals surface area contributed by atoms with Gasteiger partial charge in [-0.2, -0.15) is 11.8 Å². The maximum atomic E-state index is 12.4. The second-order valence-corrected chi connectivity index (χ2v) is 6.71. The van der Waals surface area contributed by atoms with Crippen molar-refractivity contribution in [3.05, 3.63) is 23.8 Å². The van der Waals surface area contributed by atoms with Crippen LogP contribution in [-0.2, 0) is 0 Å². The molecule has 1 aromatic rings. The maximum absolute atomic E-state index is 12.4. The molecule has 2 rings (SSSR count). The van der Waals surface area contributed by atoms with Gasteiger partial charge in [0.2, 0.25) is 0 Å². The monoisotopic (exact) mass is 308 g/mol. The molecule has 116 valence electrons. The van der Waals surface area contributed by atoms with Crippen molar-refractivity contribution in [3.8, 4) is 5.75 Å². The average molecular weight is 308 g/mol. The largest absolute Gasteiger partial charge is 0.492 e. The standard InChI is InChI=1S/C16H24N2O2S/c1-3-20-14-9-8-11(10-12(14)17)16(19)18-13-6-5-7-15(13)21-4-2/h8-10,13,15H,3-7,17H2,1-2H3,(H,18,19). The third kappa shape index (κ3) is 4.06. The normalized spacial score (nSPS) is 21.2. The molecule has 1 saturated carbocycles. The molecule has 0 aromatic heterocycles. The van der Waals surface area contributed by atoms with E-state index in [9.17, 15) is 4.79 Å². The van der Waals surface area contributed by atoms with Gasteiger partial charge >= 0.3 is 0 Å². The van der Waals surface area contributed by atoms with E-state index in [1.807, 2.05) is 18.7 Å². The minimum absolute atomic E-state index is 0.0432. The highest BCUT2D eigenvalue weighted by atomic mass is 32.2. The zero-order chi connectivity index (χ0) is 15.2. The predicted octanol–water partition coefficient (Wildman–Crippen LogP) is 3.07. The Morgan fingerprint density at radius 2 is 2.24 bits per heavy atom. The van der Waals surface area contributed by atoms with Gasteiger partial charge in [0.1, 0.15) is 5.75 Å². The molecular weight excluding hydrogens is 284 g/mol. The van der Waals surface area contributed by atoms with Gasteiger partial charge in [0.25, 0.3) is 5.91 Å². The fraction of sp³-hybridized carbons (Fsp3) is 0.562. The van der Waals surface area contributed by atoms with E-state index in [1.54, 1.807) is 18.2 Å². The number of hydrogen-bond acceptors (Lipinski definition) is 4. The topological polar surface area (TPSA) is 64.3 Å². The van der Waals surface area contributed by atoms with Gasteiger partial charge in [0, 0.05) is 16.9 Å². The first kappa shape index (κ1) is 16.0. The Balaban J connectivity index is 2.01. The molecule has 5 heteroatoms. The Morgan fingerprint density at radius 1 is 1.43 bits per heavy atom. The first-order valence-electron chi connectivity index (χ1n) is 7.60. The van der Waals surface area contributed by atoms with Crippen molar-refractivity contribution in [3.63, 3.8) is 0 Å². The molecule has 2 atom stereocenters. The van der Waals surface area contributed by atoms with Crippen LogP contribution in [0, 0.1) is 0 Å². The van der Waals surface area contributed by atoms with Crippen LogP contribution in [-0.4, -0.2) is 29.6 Å². The van der Waals surface area contributed by atoms with Crippen molar-refractivity contribution in [2.75, 3.05) is 18.1 Å². The molecule has 1 aromatic carbocycles. The highest BCUT2D eigenvalue weighted by Crippen LogP contribution is 2.30. The van der Waals surface area contributed by atoms with Gasteiger partial charge in [-0.15, -0.1) is 0 Å². The first-order chi connectivity index (χ1) is 10.2. The molecule has 4 nitrogen and oxygen atoms in total. The van der Waals surface area contributed by atoms with Crippen molar-refractivity contribution < 1.29 is 9.53 Å². The molecule has 1 amide bonds. The van der Waals surface area contributed by atoms with Gasteiger partial charge in [-0.25, -0.2) is 0 Å². The SMILES string of the molecule is CCOc1ccc(C(=O)NC2CCCC2SCC)cc1N. The number of nitrogens with one attached hydrogen (secondary N) is 1. The lowest BCUT2D eigenvalue weighted by atomic mass is 10.1. The summed E-state index contributed by atoms with van der Waals surface area (Å²) in [5.74, 6) is 1.68. The van der Waals surface area contributed by atoms with E-state index in [0.717, 1.165) is 12.2 Å². The minimum atomic E-state index is -0.0432. The molecular formula is C16H24N2O2S. The van der Waals surface area contributed by atoms with Crippen LogP contribution in [0.25, 0.3) is 0 Å². The molecule has 0 saturated heterocycles. The van der Waals surface area contributed by atoms with Crippen LogP contribution >= 0.6 is 11.8 Å². The van der Waals surface area contributed by atoms with Gasteiger partial charge in [0.15, 0.2) is 0 Å². The Morgan fingerprint density at radius 3 is 2.90 bits per heavy atom. The molecule has 1 aliphatic rings. The molecule has 1 aliphatic carbocycles. The fourth-order valence-electron chi connectivity index (χ4n) is 2.73. The minimum Gasteiger partial charge on any atom is -0.492 e. The molecule has 0 heterocycles. The number of nitrogen functional groups attached to an aromatic ring is 1. The molecule has 2 unspecified atom stereocenters. The van der Waals surface area contributed by atoms with Gasteiger partial charge in [-0.3, -0.25) is 4.79 Å². The molecule has 3 N–H and O–H groups in total. The molecule has 0 aliphatic heterocycles. The van der Waals surface area contributed by atoms with Crippen LogP contribution < -0.4 is 15.8 Å². The summed E-state index contributed by atoms with van der Waals surface area (Å²) >= 11 is 1.94. The number of amides is 1. The molecule has 21 heavy (non-hydrogen) atoms. The Hall–Kier alpha value is -1.36. The average Bonchev–Trinajstić information content (AvgIpc) is 2.89. The zero-order valence-corrected chi connectivity index (χ0v) is 13.5. The summed E-state index contributed by atoms with van der Waals surface area (Å²) in [6.45, 7) is 4.63. The third-order valence-electron chi connectivity index (χ3n) is 3.72. The van der Waals surface area contributed by atoms with Crippen LogP contribution in [0.4, 0.5) is 5.69 Å². The van der Waals surface area contributed by atoms with Crippen LogP contribution in [0.15, 0.2) is 18.2 Å². The van der Waals surface area contributed by atoms with Crippen LogP contribution in [0.5, 0.6) is 5.75 Å². The quantitative estimate of drug-likeness (QED) is 0.793. The van der Waals surface area contributed by atoms with Gasteiger partial charge in [0.05, 0.1) is 12.3 Å². The van der Waals surface area contributed by atoms with Crippen molar-refractivity contribution in [1.82, 2.24) is 5.32 Å². The van der Waals surface area contributed by atoms with Crippen molar-refractivity contribution in [2.45, 2.75) is 44.4 Å². The van der Waals surface area contributed by atoms with Gasteiger partial charge < -0.3 is 15.8 Å². The second kappa shape index (κ2) is 7.59. The lowest BCUT2D eigenvalue weighted by Crippen LogP contribution is -2.38. The third-order valence-corrected chi connectivity index (χ3v) is 5.05. The summed E-state index contributed by atoms with van der Waals surface area (Å²) in [6, 6.07) is 5.50. The van der Waals surface area contributed by atoms with Crippen molar-refractivity contribution >= 4 is 23.4 Å². The van der Waals surface area contributed by atoms with E-state index in [-0.39, 0.29) is 11.9 Å². The summed E-state index contributed by atoms with van der Waals surface area (Å²) in [4.78, 5) is 12.4. The maximum Gasteiger partial charge on any atom is 0.251 e. The summed E-state index contributed by atoms with van der Waals surface area (Å²) in [7, 11) is 0. The molecule has 0 radical (unpaired) electrons. The Bertz CT molecular complexity index is 493. The molecule has 0 bridgehead atoms. The Kier molecular flexibility index (Phi) is 5.79. The van der Waals surface area contributed by atoms with Crippen molar-refractivity contribution in [2.24, 2.45) is 0 Å². The second-order valence-electron chi connectivity index (χ2n) is 5.19. The number of benzene rings is 1. The smallest absolute Gasteiger partial charge is 0.251 e. The molecule has 1 fully saturated rings.